The largest absolute Gasteiger partial charge is 0.480 e. The third-order valence-electron chi connectivity index (χ3n) is 6.60. The van der Waals surface area contributed by atoms with Gasteiger partial charge in [-0.15, -0.1) is 0 Å². The summed E-state index contributed by atoms with van der Waals surface area (Å²) in [7, 11) is 0. The average Bonchev–Trinajstić information content (AvgIpc) is 3.01. The summed E-state index contributed by atoms with van der Waals surface area (Å²) in [6, 6.07) is 8.62. The molecule has 0 spiro atoms. The van der Waals surface area contributed by atoms with Crippen LogP contribution in [0, 0.1) is 28.7 Å². The van der Waals surface area contributed by atoms with Gasteiger partial charge < -0.3 is 26.2 Å². The molecule has 0 aliphatic carbocycles. The van der Waals surface area contributed by atoms with Crippen LogP contribution in [0.3, 0.4) is 0 Å². The van der Waals surface area contributed by atoms with Crippen LogP contribution in [-0.2, 0) is 19.2 Å². The first-order valence-electron chi connectivity index (χ1n) is 13.9. The minimum absolute atomic E-state index is 0.0828. The minimum Gasteiger partial charge on any atom is -0.480 e. The Morgan fingerprint density at radius 2 is 1.52 bits per heavy atom. The zero-order valence-electron chi connectivity index (χ0n) is 25.6. The number of nitrogens with zero attached hydrogens (tertiary/aromatic N) is 1. The molecule has 2 atom stereocenters. The van der Waals surface area contributed by atoms with E-state index in [1.807, 2.05) is 5.43 Å². The van der Waals surface area contributed by atoms with Gasteiger partial charge in [-0.2, -0.15) is 8.78 Å². The number of halogens is 5. The number of carboxylic acids is 1. The van der Waals surface area contributed by atoms with Gasteiger partial charge in [-0.3, -0.25) is 29.4 Å². The lowest BCUT2D eigenvalue weighted by atomic mass is 9.85. The van der Waals surface area contributed by atoms with E-state index >= 15 is 0 Å². The van der Waals surface area contributed by atoms with Gasteiger partial charge in [0.05, 0.1) is 10.7 Å². The standard InChI is InChI=1S/C31H30ClF4N5O7/c1-31(2,3)27(39-28(45)16-9-10-20(37)17(32)11-16)30(47)38-25(15-7-5-4-6-8-15)29(46)40-41(13-22(43)44)21(42)14-48-26-23(35)18(33)12-19(34)24(26)36/h4-12,25,27H,13-14,37H2,1-3H3,(H,38,47)(H,39,45)(H,40,46)(H,43,44)/t25-,27+/m0/s1. The zero-order valence-corrected chi connectivity index (χ0v) is 26.3. The molecule has 0 aromatic heterocycles. The van der Waals surface area contributed by atoms with Crippen molar-refractivity contribution in [1.29, 1.82) is 0 Å². The van der Waals surface area contributed by atoms with Crippen molar-refractivity contribution < 1.29 is 51.4 Å². The molecule has 17 heteroatoms. The van der Waals surface area contributed by atoms with Crippen molar-refractivity contribution in [3.8, 4) is 5.75 Å². The van der Waals surface area contributed by atoms with Crippen molar-refractivity contribution in [3.63, 3.8) is 0 Å². The molecular formula is C31H30ClF4N5O7. The van der Waals surface area contributed by atoms with Crippen LogP contribution < -0.4 is 26.5 Å². The molecule has 0 heterocycles. The highest BCUT2D eigenvalue weighted by Gasteiger charge is 2.36. The van der Waals surface area contributed by atoms with Crippen molar-refractivity contribution in [2.45, 2.75) is 32.9 Å². The molecule has 0 radical (unpaired) electrons. The molecule has 0 aliphatic heterocycles. The number of aliphatic carboxylic acids is 1. The molecular weight excluding hydrogens is 666 g/mol. The highest BCUT2D eigenvalue weighted by Crippen LogP contribution is 2.27. The summed E-state index contributed by atoms with van der Waals surface area (Å²) in [5.74, 6) is -14.9. The number of nitrogen functional groups attached to an aromatic ring is 1. The maximum atomic E-state index is 14.0. The Balaban J connectivity index is 1.87. The Bertz CT molecular complexity index is 1700. The number of nitrogens with one attached hydrogen (secondary N) is 3. The van der Waals surface area contributed by atoms with E-state index in [0.717, 1.165) is 0 Å². The van der Waals surface area contributed by atoms with Gasteiger partial charge in [-0.25, -0.2) is 13.8 Å². The van der Waals surface area contributed by atoms with Gasteiger partial charge in [0.2, 0.25) is 17.5 Å². The van der Waals surface area contributed by atoms with E-state index in [4.69, 9.17) is 17.3 Å². The molecule has 3 aromatic rings. The van der Waals surface area contributed by atoms with Crippen LogP contribution in [0.4, 0.5) is 23.2 Å². The number of nitrogens with two attached hydrogens (primary N) is 1. The molecule has 6 N–H and O–H groups in total. The Morgan fingerprint density at radius 1 is 0.917 bits per heavy atom. The summed E-state index contributed by atoms with van der Waals surface area (Å²) in [6.45, 7) is 2.31. The third-order valence-corrected chi connectivity index (χ3v) is 6.93. The molecule has 0 saturated heterocycles. The Morgan fingerprint density at radius 3 is 2.06 bits per heavy atom. The topological polar surface area (TPSA) is 180 Å². The maximum Gasteiger partial charge on any atom is 0.325 e. The van der Waals surface area contributed by atoms with Crippen molar-refractivity contribution in [2.24, 2.45) is 5.41 Å². The van der Waals surface area contributed by atoms with E-state index in [-0.39, 0.29) is 32.9 Å². The molecule has 4 amide bonds. The predicted molar refractivity (Wildman–Crippen MR) is 163 cm³/mol. The maximum absolute atomic E-state index is 14.0. The number of carbonyl (C=O) groups is 5. The first-order valence-corrected chi connectivity index (χ1v) is 14.3. The molecule has 0 aliphatic rings. The third kappa shape index (κ3) is 9.34. The lowest BCUT2D eigenvalue weighted by molar-refractivity contribution is -0.151. The number of hydrogen-bond donors (Lipinski definition) is 5. The number of hydrazine groups is 1. The molecule has 0 saturated carbocycles. The lowest BCUT2D eigenvalue weighted by Gasteiger charge is -2.32. The molecule has 48 heavy (non-hydrogen) atoms. The number of benzene rings is 3. The highest BCUT2D eigenvalue weighted by molar-refractivity contribution is 6.33. The second-order valence-electron chi connectivity index (χ2n) is 11.3. The van der Waals surface area contributed by atoms with Crippen molar-refractivity contribution in [3.05, 3.63) is 94.0 Å². The summed E-state index contributed by atoms with van der Waals surface area (Å²) in [4.78, 5) is 64.6. The van der Waals surface area contributed by atoms with E-state index in [1.54, 1.807) is 26.8 Å². The van der Waals surface area contributed by atoms with Crippen molar-refractivity contribution >= 4 is 46.9 Å². The lowest BCUT2D eigenvalue weighted by Crippen LogP contribution is -2.57. The van der Waals surface area contributed by atoms with Gasteiger partial charge in [-0.1, -0.05) is 62.7 Å². The normalized spacial score (nSPS) is 12.3. The van der Waals surface area contributed by atoms with E-state index in [1.165, 1.54) is 42.5 Å². The summed E-state index contributed by atoms with van der Waals surface area (Å²) in [5, 5.41) is 14.7. The number of anilines is 1. The minimum atomic E-state index is -1.96. The van der Waals surface area contributed by atoms with Crippen LogP contribution >= 0.6 is 11.6 Å². The zero-order chi connectivity index (χ0) is 35.9. The fraction of sp³-hybridized carbons (Fsp3) is 0.258. The fourth-order valence-corrected chi connectivity index (χ4v) is 4.32. The van der Waals surface area contributed by atoms with Gasteiger partial charge in [0.25, 0.3) is 17.7 Å². The quantitative estimate of drug-likeness (QED) is 0.0875. The van der Waals surface area contributed by atoms with Crippen LogP contribution in [0.25, 0.3) is 0 Å². The SMILES string of the molecule is CC(C)(C)[C@H](NC(=O)c1ccc(N)c(Cl)c1)C(=O)N[C@H](C(=O)NN(CC(=O)O)C(=O)COc1c(F)c(F)cc(F)c1F)c1ccccc1. The van der Waals surface area contributed by atoms with Crippen molar-refractivity contribution in [2.75, 3.05) is 18.9 Å². The second kappa shape index (κ2) is 15.5. The van der Waals surface area contributed by atoms with Gasteiger partial charge in [-0.05, 0) is 29.2 Å². The van der Waals surface area contributed by atoms with E-state index < -0.39 is 89.3 Å². The number of amides is 4. The fourth-order valence-electron chi connectivity index (χ4n) is 4.14. The Kier molecular flexibility index (Phi) is 12.0. The number of carbonyl (C=O) groups excluding carboxylic acids is 4. The van der Waals surface area contributed by atoms with Crippen molar-refractivity contribution in [1.82, 2.24) is 21.1 Å². The van der Waals surface area contributed by atoms with Gasteiger partial charge in [0.1, 0.15) is 18.6 Å². The molecule has 0 unspecified atom stereocenters. The Hall–Kier alpha value is -5.38. The van der Waals surface area contributed by atoms with E-state index in [2.05, 4.69) is 15.4 Å². The number of ether oxygens (including phenoxy) is 1. The smallest absolute Gasteiger partial charge is 0.325 e. The summed E-state index contributed by atoms with van der Waals surface area (Å²) in [6.07, 6.45) is 0. The van der Waals surface area contributed by atoms with Crippen LogP contribution in [-0.4, -0.2) is 58.9 Å². The van der Waals surface area contributed by atoms with Gasteiger partial charge in [0.15, 0.2) is 24.0 Å². The molecule has 0 fully saturated rings. The van der Waals surface area contributed by atoms with Crippen LogP contribution in [0.5, 0.6) is 5.75 Å². The van der Waals surface area contributed by atoms with Crippen LogP contribution in [0.2, 0.25) is 5.02 Å². The van der Waals surface area contributed by atoms with E-state index in [0.29, 0.717) is 0 Å². The number of carboxylic acid groups (broad SMARTS) is 1. The second-order valence-corrected chi connectivity index (χ2v) is 11.7. The first kappa shape index (κ1) is 37.1. The van der Waals surface area contributed by atoms with Gasteiger partial charge >= 0.3 is 5.97 Å². The first-order chi connectivity index (χ1) is 22.4. The Labute approximate surface area is 276 Å². The summed E-state index contributed by atoms with van der Waals surface area (Å²) < 4.78 is 59.8. The average molecular weight is 696 g/mol. The number of rotatable bonds is 11. The molecule has 256 valence electrons. The number of hydrogen-bond acceptors (Lipinski definition) is 7. The predicted octanol–water partition coefficient (Wildman–Crippen LogP) is 3.50. The highest BCUT2D eigenvalue weighted by atomic mass is 35.5. The molecule has 3 aromatic carbocycles. The molecule has 3 rings (SSSR count). The summed E-state index contributed by atoms with van der Waals surface area (Å²) in [5.41, 5.74) is 7.24. The van der Waals surface area contributed by atoms with Crippen LogP contribution in [0.1, 0.15) is 42.7 Å². The monoisotopic (exact) mass is 695 g/mol. The summed E-state index contributed by atoms with van der Waals surface area (Å²) >= 11 is 6.03. The van der Waals surface area contributed by atoms with Gasteiger partial charge in [0, 0.05) is 11.6 Å². The van der Waals surface area contributed by atoms with Crippen LogP contribution in [0.15, 0.2) is 54.6 Å². The van der Waals surface area contributed by atoms with E-state index in [9.17, 15) is 46.6 Å². The molecule has 0 bridgehead atoms. The molecule has 12 nitrogen and oxygen atoms in total.